The molecule has 1 heteroatoms. The summed E-state index contributed by atoms with van der Waals surface area (Å²) in [6, 6.07) is 14.1. The molecule has 2 rings (SSSR count). The summed E-state index contributed by atoms with van der Waals surface area (Å²) in [4.78, 5) is 12.1. The maximum atomic E-state index is 12.1. The van der Waals surface area contributed by atoms with Crippen LogP contribution in [-0.2, 0) is 6.42 Å². The van der Waals surface area contributed by atoms with Crippen molar-refractivity contribution in [2.75, 3.05) is 0 Å². The molecule has 0 fully saturated rings. The van der Waals surface area contributed by atoms with Crippen LogP contribution in [0, 0.1) is 13.8 Å². The number of benzene rings is 2. The monoisotopic (exact) mass is 264 g/mol. The third kappa shape index (κ3) is 3.45. The second kappa shape index (κ2) is 6.33. The molecule has 0 amide bonds. The zero-order valence-corrected chi connectivity index (χ0v) is 12.3. The lowest BCUT2D eigenvalue weighted by molar-refractivity contribution is 0.104. The summed E-state index contributed by atoms with van der Waals surface area (Å²) in [5.74, 6) is 0.0488. The summed E-state index contributed by atoms with van der Waals surface area (Å²) in [6.45, 7) is 6.21. The van der Waals surface area contributed by atoms with Gasteiger partial charge in [0, 0.05) is 5.56 Å². The highest BCUT2D eigenvalue weighted by Crippen LogP contribution is 2.12. The molecule has 0 saturated carbocycles. The molecule has 2 aromatic rings. The van der Waals surface area contributed by atoms with Crippen molar-refractivity contribution in [3.05, 3.63) is 76.4 Å². The minimum Gasteiger partial charge on any atom is -0.289 e. The van der Waals surface area contributed by atoms with Crippen LogP contribution in [0.15, 0.2) is 48.5 Å². The molecule has 0 saturated heterocycles. The Morgan fingerprint density at radius 2 is 1.70 bits per heavy atom. The maximum absolute atomic E-state index is 12.1. The van der Waals surface area contributed by atoms with Gasteiger partial charge in [-0.15, -0.1) is 0 Å². The van der Waals surface area contributed by atoms with Gasteiger partial charge in [0.1, 0.15) is 0 Å². The highest BCUT2D eigenvalue weighted by atomic mass is 16.1. The zero-order valence-electron chi connectivity index (χ0n) is 12.3. The van der Waals surface area contributed by atoms with Gasteiger partial charge in [0.2, 0.25) is 0 Å². The third-order valence-electron chi connectivity index (χ3n) is 3.61. The van der Waals surface area contributed by atoms with Crippen LogP contribution in [0.4, 0.5) is 0 Å². The van der Waals surface area contributed by atoms with Gasteiger partial charge in [-0.3, -0.25) is 4.79 Å². The van der Waals surface area contributed by atoms with Gasteiger partial charge in [-0.25, -0.2) is 0 Å². The van der Waals surface area contributed by atoms with Crippen molar-refractivity contribution in [3.8, 4) is 0 Å². The molecule has 0 aliphatic rings. The molecule has 0 aliphatic heterocycles. The highest BCUT2D eigenvalue weighted by molar-refractivity contribution is 6.06. The first kappa shape index (κ1) is 14.3. The van der Waals surface area contributed by atoms with E-state index in [4.69, 9.17) is 0 Å². The van der Waals surface area contributed by atoms with Crippen molar-refractivity contribution in [1.82, 2.24) is 0 Å². The Kier molecular flexibility index (Phi) is 4.52. The molecule has 0 spiro atoms. The van der Waals surface area contributed by atoms with Crippen LogP contribution in [0.3, 0.4) is 0 Å². The maximum Gasteiger partial charge on any atom is 0.185 e. The van der Waals surface area contributed by atoms with Crippen LogP contribution in [0.25, 0.3) is 6.08 Å². The van der Waals surface area contributed by atoms with Gasteiger partial charge in [-0.1, -0.05) is 49.4 Å². The number of rotatable bonds is 4. The average molecular weight is 264 g/mol. The first-order chi connectivity index (χ1) is 9.60. The molecular weight excluding hydrogens is 244 g/mol. The van der Waals surface area contributed by atoms with Gasteiger partial charge in [0.25, 0.3) is 0 Å². The molecule has 2 aromatic carbocycles. The molecule has 0 bridgehead atoms. The summed E-state index contributed by atoms with van der Waals surface area (Å²) < 4.78 is 0. The predicted molar refractivity (Wildman–Crippen MR) is 85.1 cm³/mol. The number of aryl methyl sites for hydroxylation is 3. The van der Waals surface area contributed by atoms with Gasteiger partial charge < -0.3 is 0 Å². The molecule has 0 aliphatic carbocycles. The van der Waals surface area contributed by atoms with E-state index in [-0.39, 0.29) is 5.78 Å². The standard InChI is InChI=1S/C19H20O/c1-4-16-6-8-17(9-7-16)10-12-19(20)18-11-5-14(2)15(3)13-18/h5-13H,4H2,1-3H3/b12-10+. The fourth-order valence-corrected chi connectivity index (χ4v) is 2.03. The Morgan fingerprint density at radius 1 is 1.00 bits per heavy atom. The molecule has 0 atom stereocenters. The van der Waals surface area contributed by atoms with E-state index >= 15 is 0 Å². The predicted octanol–water partition coefficient (Wildman–Crippen LogP) is 4.76. The number of hydrogen-bond acceptors (Lipinski definition) is 1. The van der Waals surface area contributed by atoms with Gasteiger partial charge in [0.15, 0.2) is 5.78 Å². The summed E-state index contributed by atoms with van der Waals surface area (Å²) >= 11 is 0. The van der Waals surface area contributed by atoms with Crippen LogP contribution in [0.2, 0.25) is 0 Å². The number of allylic oxidation sites excluding steroid dienone is 1. The first-order valence-electron chi connectivity index (χ1n) is 6.98. The molecule has 1 nitrogen and oxygen atoms in total. The van der Waals surface area contributed by atoms with E-state index in [0.717, 1.165) is 23.1 Å². The minimum absolute atomic E-state index is 0.0488. The van der Waals surface area contributed by atoms with Crippen LogP contribution in [0.1, 0.15) is 39.5 Å². The Morgan fingerprint density at radius 3 is 2.30 bits per heavy atom. The van der Waals surface area contributed by atoms with E-state index in [1.165, 1.54) is 11.1 Å². The van der Waals surface area contributed by atoms with E-state index in [2.05, 4.69) is 26.0 Å². The lowest BCUT2D eigenvalue weighted by atomic mass is 10.0. The lowest BCUT2D eigenvalue weighted by Crippen LogP contribution is -1.95. The number of hydrogen-bond donors (Lipinski definition) is 0. The summed E-state index contributed by atoms with van der Waals surface area (Å²) in [5.41, 5.74) is 5.47. The van der Waals surface area contributed by atoms with Gasteiger partial charge in [-0.2, -0.15) is 0 Å². The summed E-state index contributed by atoms with van der Waals surface area (Å²) in [6.07, 6.45) is 4.55. The van der Waals surface area contributed by atoms with E-state index in [1.807, 2.05) is 43.3 Å². The van der Waals surface area contributed by atoms with Crippen LogP contribution >= 0.6 is 0 Å². The normalized spacial score (nSPS) is 10.9. The second-order valence-corrected chi connectivity index (χ2v) is 5.09. The largest absolute Gasteiger partial charge is 0.289 e. The Balaban J connectivity index is 2.13. The Labute approximate surface area is 121 Å². The number of ketones is 1. The fraction of sp³-hybridized carbons (Fsp3) is 0.211. The van der Waals surface area contributed by atoms with E-state index < -0.39 is 0 Å². The molecule has 0 radical (unpaired) electrons. The Hall–Kier alpha value is -2.15. The third-order valence-corrected chi connectivity index (χ3v) is 3.61. The van der Waals surface area contributed by atoms with Crippen molar-refractivity contribution in [1.29, 1.82) is 0 Å². The molecular formula is C19H20O. The molecule has 0 aromatic heterocycles. The van der Waals surface area contributed by atoms with Crippen LogP contribution < -0.4 is 0 Å². The van der Waals surface area contributed by atoms with Gasteiger partial charge in [-0.05, 0) is 54.7 Å². The van der Waals surface area contributed by atoms with Gasteiger partial charge >= 0.3 is 0 Å². The van der Waals surface area contributed by atoms with Crippen molar-refractivity contribution in [2.45, 2.75) is 27.2 Å². The van der Waals surface area contributed by atoms with E-state index in [0.29, 0.717) is 0 Å². The first-order valence-corrected chi connectivity index (χ1v) is 6.98. The minimum atomic E-state index is 0.0488. The highest BCUT2D eigenvalue weighted by Gasteiger charge is 2.03. The molecule has 20 heavy (non-hydrogen) atoms. The van der Waals surface area contributed by atoms with Gasteiger partial charge in [0.05, 0.1) is 0 Å². The average Bonchev–Trinajstić information content (AvgIpc) is 2.48. The van der Waals surface area contributed by atoms with Crippen molar-refractivity contribution < 1.29 is 4.79 Å². The van der Waals surface area contributed by atoms with Crippen molar-refractivity contribution >= 4 is 11.9 Å². The quantitative estimate of drug-likeness (QED) is 0.574. The van der Waals surface area contributed by atoms with E-state index in [1.54, 1.807) is 6.08 Å². The number of carbonyl (C=O) groups is 1. The smallest absolute Gasteiger partial charge is 0.185 e. The van der Waals surface area contributed by atoms with Crippen molar-refractivity contribution in [3.63, 3.8) is 0 Å². The van der Waals surface area contributed by atoms with Crippen LogP contribution in [-0.4, -0.2) is 5.78 Å². The summed E-state index contributed by atoms with van der Waals surface area (Å²) in [5, 5.41) is 0. The van der Waals surface area contributed by atoms with Crippen molar-refractivity contribution in [2.24, 2.45) is 0 Å². The number of carbonyl (C=O) groups excluding carboxylic acids is 1. The van der Waals surface area contributed by atoms with E-state index in [9.17, 15) is 4.79 Å². The second-order valence-electron chi connectivity index (χ2n) is 5.09. The zero-order chi connectivity index (χ0) is 14.5. The lowest BCUT2D eigenvalue weighted by Gasteiger charge is -2.02. The Bertz CT molecular complexity index is 633. The topological polar surface area (TPSA) is 17.1 Å². The molecule has 102 valence electrons. The van der Waals surface area contributed by atoms with Crippen LogP contribution in [0.5, 0.6) is 0 Å². The summed E-state index contributed by atoms with van der Waals surface area (Å²) in [7, 11) is 0. The fourth-order valence-electron chi connectivity index (χ4n) is 2.03. The SMILES string of the molecule is CCc1ccc(/C=C/C(=O)c2ccc(C)c(C)c2)cc1. The molecule has 0 heterocycles. The molecule has 0 unspecified atom stereocenters. The molecule has 0 N–H and O–H groups in total.